The van der Waals surface area contributed by atoms with Crippen molar-refractivity contribution in [3.05, 3.63) is 28.8 Å². The summed E-state index contributed by atoms with van der Waals surface area (Å²) in [5.74, 6) is 0.205. The van der Waals surface area contributed by atoms with Crippen LogP contribution in [0, 0.1) is 5.41 Å². The van der Waals surface area contributed by atoms with Gasteiger partial charge in [-0.15, -0.1) is 0 Å². The molecule has 0 aliphatic carbocycles. The van der Waals surface area contributed by atoms with Gasteiger partial charge in [0.25, 0.3) is 5.91 Å². The van der Waals surface area contributed by atoms with E-state index in [0.29, 0.717) is 24.5 Å². The lowest BCUT2D eigenvalue weighted by molar-refractivity contribution is 0.0370. The van der Waals surface area contributed by atoms with Gasteiger partial charge in [0.05, 0.1) is 23.2 Å². The maximum Gasteiger partial charge on any atom is 0.264 e. The standard InChI is InChI=1S/C18H26N4O2S/c1-6-7-13(16(19)20-4)22-11-10-21(12-18(22,2)3)17(23)14-8-9-15(24-5)25-14/h7-9,19H,4,6,10-12H2,1-3,5H3/b13-7+,19-16?. The maximum atomic E-state index is 12.8. The van der Waals surface area contributed by atoms with Crippen molar-refractivity contribution in [1.82, 2.24) is 9.80 Å². The molecular formula is C18H26N4O2S. The Kier molecular flexibility index (Phi) is 6.00. The molecule has 0 saturated carbocycles. The second kappa shape index (κ2) is 7.82. The molecule has 1 aromatic rings. The van der Waals surface area contributed by atoms with Crippen LogP contribution in [0.25, 0.3) is 0 Å². The monoisotopic (exact) mass is 362 g/mol. The zero-order valence-electron chi connectivity index (χ0n) is 15.3. The first-order valence-electron chi connectivity index (χ1n) is 8.30. The minimum Gasteiger partial charge on any atom is -0.487 e. The number of methoxy groups -OCH3 is 1. The van der Waals surface area contributed by atoms with Crippen molar-refractivity contribution in [2.24, 2.45) is 4.99 Å². The van der Waals surface area contributed by atoms with Gasteiger partial charge in [0.2, 0.25) is 0 Å². The van der Waals surface area contributed by atoms with E-state index in [9.17, 15) is 4.79 Å². The molecule has 7 heteroatoms. The molecule has 6 nitrogen and oxygen atoms in total. The van der Waals surface area contributed by atoms with E-state index in [1.165, 1.54) is 11.3 Å². The van der Waals surface area contributed by atoms with E-state index in [-0.39, 0.29) is 17.3 Å². The van der Waals surface area contributed by atoms with E-state index in [1.54, 1.807) is 7.11 Å². The highest BCUT2D eigenvalue weighted by molar-refractivity contribution is 7.15. The van der Waals surface area contributed by atoms with E-state index in [0.717, 1.165) is 17.2 Å². The topological polar surface area (TPSA) is 69.0 Å². The number of carbonyl (C=O) groups excluding carboxylic acids is 1. The Balaban J connectivity index is 2.18. The third-order valence-corrected chi connectivity index (χ3v) is 5.31. The minimum atomic E-state index is -0.298. The van der Waals surface area contributed by atoms with Crippen LogP contribution in [0.1, 0.15) is 36.9 Å². The van der Waals surface area contributed by atoms with Gasteiger partial charge < -0.3 is 14.5 Å². The summed E-state index contributed by atoms with van der Waals surface area (Å²) >= 11 is 1.36. The SMILES string of the molecule is C=NC(=N)/C(=C\CC)N1CCN(C(=O)c2ccc(OC)s2)CC1(C)C. The molecule has 0 unspecified atom stereocenters. The zero-order valence-corrected chi connectivity index (χ0v) is 16.2. The highest BCUT2D eigenvalue weighted by atomic mass is 32.1. The highest BCUT2D eigenvalue weighted by Crippen LogP contribution is 2.30. The number of aliphatic imine (C=N–C) groups is 1. The fourth-order valence-corrected chi connectivity index (χ4v) is 3.87. The number of thiophene rings is 1. The van der Waals surface area contributed by atoms with Crippen molar-refractivity contribution >= 4 is 29.8 Å². The predicted octanol–water partition coefficient (Wildman–Crippen LogP) is 3.26. The van der Waals surface area contributed by atoms with Gasteiger partial charge in [0.1, 0.15) is 0 Å². The van der Waals surface area contributed by atoms with Crippen LogP contribution < -0.4 is 4.74 Å². The van der Waals surface area contributed by atoms with Crippen molar-refractivity contribution in [1.29, 1.82) is 5.41 Å². The van der Waals surface area contributed by atoms with Crippen molar-refractivity contribution in [3.63, 3.8) is 0 Å². The molecule has 136 valence electrons. The molecule has 1 fully saturated rings. The average Bonchev–Trinajstić information content (AvgIpc) is 3.07. The number of rotatable bonds is 5. The lowest BCUT2D eigenvalue weighted by Crippen LogP contribution is -2.60. The number of allylic oxidation sites excluding steroid dienone is 1. The molecule has 1 saturated heterocycles. The molecule has 1 aliphatic heterocycles. The summed E-state index contributed by atoms with van der Waals surface area (Å²) in [5.41, 5.74) is 0.486. The molecule has 2 rings (SSSR count). The van der Waals surface area contributed by atoms with Crippen LogP contribution >= 0.6 is 11.3 Å². The minimum absolute atomic E-state index is 0.0268. The molecule has 1 amide bonds. The van der Waals surface area contributed by atoms with E-state index >= 15 is 0 Å². The molecule has 1 aliphatic rings. The smallest absolute Gasteiger partial charge is 0.264 e. The summed E-state index contributed by atoms with van der Waals surface area (Å²) in [6, 6.07) is 3.63. The van der Waals surface area contributed by atoms with Crippen molar-refractivity contribution in [2.75, 3.05) is 26.7 Å². The van der Waals surface area contributed by atoms with Crippen LogP contribution in [0.15, 0.2) is 28.9 Å². The van der Waals surface area contributed by atoms with Crippen LogP contribution in [0.3, 0.4) is 0 Å². The first-order valence-corrected chi connectivity index (χ1v) is 9.12. The van der Waals surface area contributed by atoms with E-state index < -0.39 is 0 Å². The zero-order chi connectivity index (χ0) is 18.6. The number of hydrogen-bond donors (Lipinski definition) is 1. The Labute approximate surface area is 153 Å². The van der Waals surface area contributed by atoms with Crippen molar-refractivity contribution in [2.45, 2.75) is 32.7 Å². The number of piperazine rings is 1. The molecule has 0 radical (unpaired) electrons. The molecule has 0 bridgehead atoms. The van der Waals surface area contributed by atoms with Gasteiger partial charge in [-0.25, -0.2) is 4.99 Å². The van der Waals surface area contributed by atoms with Crippen molar-refractivity contribution < 1.29 is 9.53 Å². The second-order valence-electron chi connectivity index (χ2n) is 6.52. The summed E-state index contributed by atoms with van der Waals surface area (Å²) in [6.45, 7) is 11.5. The van der Waals surface area contributed by atoms with Crippen LogP contribution in [-0.4, -0.2) is 60.5 Å². The molecule has 1 aromatic heterocycles. The number of nitrogens with zero attached hydrogens (tertiary/aromatic N) is 3. The Hall–Kier alpha value is -2.15. The molecule has 0 spiro atoms. The van der Waals surface area contributed by atoms with E-state index in [4.69, 9.17) is 10.1 Å². The molecule has 2 heterocycles. The van der Waals surface area contributed by atoms with Crippen molar-refractivity contribution in [3.8, 4) is 5.06 Å². The summed E-state index contributed by atoms with van der Waals surface area (Å²) in [5, 5.41) is 8.81. The third kappa shape index (κ3) is 4.10. The summed E-state index contributed by atoms with van der Waals surface area (Å²) in [6.07, 6.45) is 2.82. The number of hydrogen-bond acceptors (Lipinski definition) is 5. The number of nitrogens with one attached hydrogen (secondary N) is 1. The molecule has 25 heavy (non-hydrogen) atoms. The van der Waals surface area contributed by atoms with Gasteiger partial charge in [-0.2, -0.15) is 0 Å². The summed E-state index contributed by atoms with van der Waals surface area (Å²) < 4.78 is 5.18. The number of ether oxygens (including phenoxy) is 1. The van der Waals surface area contributed by atoms with E-state index in [2.05, 4.69) is 30.5 Å². The van der Waals surface area contributed by atoms with Crippen LogP contribution in [0.2, 0.25) is 0 Å². The number of amides is 1. The van der Waals surface area contributed by atoms with Crippen LogP contribution in [0.5, 0.6) is 5.06 Å². The average molecular weight is 362 g/mol. The second-order valence-corrected chi connectivity index (χ2v) is 7.56. The van der Waals surface area contributed by atoms with E-state index in [1.807, 2.05) is 30.0 Å². The Morgan fingerprint density at radius 1 is 1.48 bits per heavy atom. The fourth-order valence-electron chi connectivity index (χ4n) is 3.08. The Morgan fingerprint density at radius 2 is 2.20 bits per heavy atom. The van der Waals surface area contributed by atoms with Gasteiger partial charge in [-0.1, -0.05) is 24.3 Å². The van der Waals surface area contributed by atoms with Gasteiger partial charge >= 0.3 is 0 Å². The van der Waals surface area contributed by atoms with Gasteiger partial charge in [-0.3, -0.25) is 10.2 Å². The lowest BCUT2D eigenvalue weighted by atomic mass is 9.97. The largest absolute Gasteiger partial charge is 0.487 e. The molecule has 0 atom stereocenters. The van der Waals surface area contributed by atoms with Gasteiger partial charge in [-0.05, 0) is 39.1 Å². The number of amidine groups is 1. The first-order chi connectivity index (χ1) is 11.8. The molecule has 1 N–H and O–H groups in total. The predicted molar refractivity (Wildman–Crippen MR) is 103 cm³/mol. The van der Waals surface area contributed by atoms with Crippen LogP contribution in [-0.2, 0) is 0 Å². The quantitative estimate of drug-likeness (QED) is 0.646. The maximum absolute atomic E-state index is 12.8. The number of carbonyl (C=O) groups is 1. The fraction of sp³-hybridized carbons (Fsp3) is 0.500. The van der Waals surface area contributed by atoms with Gasteiger partial charge in [0.15, 0.2) is 10.9 Å². The Bertz CT molecular complexity index is 693. The lowest BCUT2D eigenvalue weighted by Gasteiger charge is -2.49. The summed E-state index contributed by atoms with van der Waals surface area (Å²) in [4.78, 5) is 21.3. The highest BCUT2D eigenvalue weighted by Gasteiger charge is 2.38. The normalized spacial score (nSPS) is 17.4. The van der Waals surface area contributed by atoms with Crippen LogP contribution in [0.4, 0.5) is 0 Å². The molecule has 0 aromatic carbocycles. The third-order valence-electron chi connectivity index (χ3n) is 4.27. The molecular weight excluding hydrogens is 336 g/mol. The first kappa shape index (κ1) is 19.2. The van der Waals surface area contributed by atoms with Gasteiger partial charge in [0, 0.05) is 19.6 Å². The Morgan fingerprint density at radius 3 is 2.72 bits per heavy atom. The summed E-state index contributed by atoms with van der Waals surface area (Å²) in [7, 11) is 1.60.